The van der Waals surface area contributed by atoms with Crippen LogP contribution in [0.25, 0.3) is 0 Å². The average Bonchev–Trinajstić information content (AvgIpc) is 2.94. The molecule has 0 saturated carbocycles. The predicted octanol–water partition coefficient (Wildman–Crippen LogP) is 4.29. The number of hydrogen-bond donors (Lipinski definition) is 1. The molecule has 3 rings (SSSR count). The molecule has 0 aliphatic heterocycles. The highest BCUT2D eigenvalue weighted by Crippen LogP contribution is 2.47. The minimum atomic E-state index is -0.199. The molecule has 1 aliphatic rings. The maximum absolute atomic E-state index is 9.14. The third kappa shape index (κ3) is 1.51. The molecule has 1 N–H and O–H groups in total. The monoisotopic (exact) mass is 277 g/mol. The Morgan fingerprint density at radius 2 is 2.06 bits per heavy atom. The van der Waals surface area contributed by atoms with Crippen LogP contribution in [0, 0.1) is 0 Å². The largest absolute Gasteiger partial charge is 0.411 e. The predicted molar refractivity (Wildman–Crippen MR) is 75.2 cm³/mol. The van der Waals surface area contributed by atoms with Crippen molar-refractivity contribution in [3.05, 3.63) is 56.7 Å². The Labute approximate surface area is 115 Å². The molecule has 2 nitrogen and oxygen atoms in total. The Hall–Kier alpha value is -1.32. The van der Waals surface area contributed by atoms with E-state index in [1.54, 1.807) is 11.3 Å². The Kier molecular flexibility index (Phi) is 2.68. The highest BCUT2D eigenvalue weighted by Gasteiger charge is 2.41. The first-order valence-corrected chi connectivity index (χ1v) is 6.97. The number of fused-ring (bicyclic) bond motifs is 1. The van der Waals surface area contributed by atoms with Crippen LogP contribution in [0.4, 0.5) is 0 Å². The zero-order chi connectivity index (χ0) is 12.8. The van der Waals surface area contributed by atoms with Crippen molar-refractivity contribution in [2.24, 2.45) is 5.16 Å². The van der Waals surface area contributed by atoms with Gasteiger partial charge in [-0.2, -0.15) is 0 Å². The van der Waals surface area contributed by atoms with Crippen LogP contribution >= 0.6 is 22.9 Å². The topological polar surface area (TPSA) is 32.6 Å². The lowest BCUT2D eigenvalue weighted by Gasteiger charge is -2.25. The van der Waals surface area contributed by atoms with E-state index >= 15 is 0 Å². The van der Waals surface area contributed by atoms with Crippen LogP contribution < -0.4 is 0 Å². The Balaban J connectivity index is 2.22. The Morgan fingerprint density at radius 1 is 1.28 bits per heavy atom. The van der Waals surface area contributed by atoms with Crippen molar-refractivity contribution >= 4 is 28.6 Å². The minimum absolute atomic E-state index is 0.199. The van der Waals surface area contributed by atoms with Gasteiger partial charge >= 0.3 is 0 Å². The molecule has 0 amide bonds. The van der Waals surface area contributed by atoms with Crippen molar-refractivity contribution in [3.8, 4) is 0 Å². The standard InChI is InChI=1S/C14H12ClNOS/c1-14(9-4-2-3-5-11(9)15)8-12(16-17)13-10(14)6-7-18-13/h2-7,17H,8H2,1H3. The van der Waals surface area contributed by atoms with Crippen LogP contribution in [-0.4, -0.2) is 10.9 Å². The summed E-state index contributed by atoms with van der Waals surface area (Å²) in [4.78, 5) is 1.07. The molecule has 0 radical (unpaired) electrons. The number of rotatable bonds is 1. The van der Waals surface area contributed by atoms with Gasteiger partial charge in [-0.3, -0.25) is 0 Å². The van der Waals surface area contributed by atoms with Crippen LogP contribution in [0.3, 0.4) is 0 Å². The molecule has 0 saturated heterocycles. The zero-order valence-electron chi connectivity index (χ0n) is 9.85. The third-order valence-corrected chi connectivity index (χ3v) is 4.92. The molecule has 1 aliphatic carbocycles. The zero-order valence-corrected chi connectivity index (χ0v) is 11.4. The van der Waals surface area contributed by atoms with Crippen LogP contribution in [0.15, 0.2) is 40.9 Å². The highest BCUT2D eigenvalue weighted by atomic mass is 35.5. The molecular weight excluding hydrogens is 266 g/mol. The number of hydrogen-bond acceptors (Lipinski definition) is 3. The van der Waals surface area contributed by atoms with E-state index in [0.29, 0.717) is 6.42 Å². The molecule has 1 aromatic heterocycles. The summed E-state index contributed by atoms with van der Waals surface area (Å²) in [5.41, 5.74) is 2.84. The lowest BCUT2D eigenvalue weighted by atomic mass is 9.78. The Morgan fingerprint density at radius 3 is 2.78 bits per heavy atom. The minimum Gasteiger partial charge on any atom is -0.411 e. The molecular formula is C14H12ClNOS. The molecule has 1 atom stereocenters. The smallest absolute Gasteiger partial charge is 0.0982 e. The lowest BCUT2D eigenvalue weighted by Crippen LogP contribution is -2.21. The van der Waals surface area contributed by atoms with Gasteiger partial charge in [-0.1, -0.05) is 41.9 Å². The van der Waals surface area contributed by atoms with Crippen molar-refractivity contribution in [2.45, 2.75) is 18.8 Å². The second-order valence-electron chi connectivity index (χ2n) is 4.70. The van der Waals surface area contributed by atoms with Crippen molar-refractivity contribution in [1.29, 1.82) is 0 Å². The molecule has 92 valence electrons. The number of nitrogens with zero attached hydrogens (tertiary/aromatic N) is 1. The first-order valence-electron chi connectivity index (χ1n) is 5.71. The molecule has 0 fully saturated rings. The molecule has 1 aromatic carbocycles. The molecule has 1 unspecified atom stereocenters. The fraction of sp³-hybridized carbons (Fsp3) is 0.214. The van der Waals surface area contributed by atoms with Crippen molar-refractivity contribution in [1.82, 2.24) is 0 Å². The van der Waals surface area contributed by atoms with Gasteiger partial charge in [0.1, 0.15) is 0 Å². The number of halogens is 1. The number of thiophene rings is 1. The van der Waals surface area contributed by atoms with Crippen LogP contribution in [0.1, 0.15) is 29.3 Å². The first-order chi connectivity index (χ1) is 8.66. The fourth-order valence-corrected chi connectivity index (χ4v) is 4.06. The molecule has 1 heterocycles. The summed E-state index contributed by atoms with van der Waals surface area (Å²) in [6.07, 6.45) is 0.690. The van der Waals surface area contributed by atoms with E-state index < -0.39 is 0 Å². The van der Waals surface area contributed by atoms with Gasteiger partial charge in [-0.15, -0.1) is 11.3 Å². The van der Waals surface area contributed by atoms with Gasteiger partial charge in [0.25, 0.3) is 0 Å². The number of oxime groups is 1. The molecule has 2 aromatic rings. The summed E-state index contributed by atoms with van der Waals surface area (Å²) in [5, 5.41) is 15.4. The van der Waals surface area contributed by atoms with Gasteiger partial charge in [0, 0.05) is 16.9 Å². The second-order valence-corrected chi connectivity index (χ2v) is 6.02. The Bertz CT molecular complexity index is 634. The fourth-order valence-electron chi connectivity index (χ4n) is 2.71. The number of benzene rings is 1. The maximum atomic E-state index is 9.14. The second kappa shape index (κ2) is 4.11. The van der Waals surface area contributed by atoms with E-state index in [1.807, 2.05) is 29.6 Å². The van der Waals surface area contributed by atoms with Crippen molar-refractivity contribution in [2.75, 3.05) is 0 Å². The van der Waals surface area contributed by atoms with Gasteiger partial charge in [-0.25, -0.2) is 0 Å². The van der Waals surface area contributed by atoms with Gasteiger partial charge in [0.2, 0.25) is 0 Å². The molecule has 18 heavy (non-hydrogen) atoms. The maximum Gasteiger partial charge on any atom is 0.0982 e. The van der Waals surface area contributed by atoms with E-state index in [-0.39, 0.29) is 5.41 Å². The molecule has 0 spiro atoms. The van der Waals surface area contributed by atoms with Gasteiger partial charge in [0.15, 0.2) is 0 Å². The van der Waals surface area contributed by atoms with E-state index in [0.717, 1.165) is 21.2 Å². The summed E-state index contributed by atoms with van der Waals surface area (Å²) in [6.45, 7) is 2.15. The van der Waals surface area contributed by atoms with Crippen LogP contribution in [0.2, 0.25) is 5.02 Å². The SMILES string of the molecule is CC1(c2ccccc2Cl)CC(=NO)c2sccc21. The van der Waals surface area contributed by atoms with Gasteiger partial charge in [-0.05, 0) is 28.6 Å². The summed E-state index contributed by atoms with van der Waals surface area (Å²) in [5.74, 6) is 0. The normalized spacial score (nSPS) is 24.4. The summed E-state index contributed by atoms with van der Waals surface area (Å²) in [6, 6.07) is 9.97. The van der Waals surface area contributed by atoms with Crippen molar-refractivity contribution < 1.29 is 5.21 Å². The quantitative estimate of drug-likeness (QED) is 0.612. The molecule has 0 bridgehead atoms. The average molecular weight is 278 g/mol. The van der Waals surface area contributed by atoms with Crippen LogP contribution in [-0.2, 0) is 5.41 Å². The van der Waals surface area contributed by atoms with E-state index in [2.05, 4.69) is 18.1 Å². The lowest BCUT2D eigenvalue weighted by molar-refractivity contribution is 0.317. The highest BCUT2D eigenvalue weighted by molar-refractivity contribution is 7.12. The van der Waals surface area contributed by atoms with E-state index in [9.17, 15) is 0 Å². The summed E-state index contributed by atoms with van der Waals surface area (Å²) in [7, 11) is 0. The van der Waals surface area contributed by atoms with Crippen molar-refractivity contribution in [3.63, 3.8) is 0 Å². The molecule has 4 heteroatoms. The summed E-state index contributed by atoms with van der Waals surface area (Å²) >= 11 is 7.93. The third-order valence-electron chi connectivity index (χ3n) is 3.63. The van der Waals surface area contributed by atoms with Gasteiger partial charge in [0.05, 0.1) is 10.6 Å². The van der Waals surface area contributed by atoms with Crippen LogP contribution in [0.5, 0.6) is 0 Å². The summed E-state index contributed by atoms with van der Waals surface area (Å²) < 4.78 is 0. The van der Waals surface area contributed by atoms with E-state index in [1.165, 1.54) is 5.56 Å². The van der Waals surface area contributed by atoms with E-state index in [4.69, 9.17) is 16.8 Å². The first kappa shape index (κ1) is 11.8. The van der Waals surface area contributed by atoms with Gasteiger partial charge < -0.3 is 5.21 Å².